The van der Waals surface area contributed by atoms with E-state index in [1.165, 1.54) is 22.3 Å². The molecular formula is C16H28N2O. The zero-order valence-corrected chi connectivity index (χ0v) is 13.0. The molecule has 0 atom stereocenters. The molecule has 0 heterocycles. The van der Waals surface area contributed by atoms with Crippen LogP contribution in [0, 0.1) is 20.8 Å². The molecule has 0 unspecified atom stereocenters. The van der Waals surface area contributed by atoms with Crippen LogP contribution in [0.4, 0.5) is 0 Å². The van der Waals surface area contributed by atoms with Crippen molar-refractivity contribution in [3.05, 3.63) is 28.3 Å². The van der Waals surface area contributed by atoms with Crippen molar-refractivity contribution in [2.45, 2.75) is 34.1 Å². The highest BCUT2D eigenvalue weighted by molar-refractivity contribution is 5.49. The number of hydrogen-bond acceptors (Lipinski definition) is 3. The van der Waals surface area contributed by atoms with Gasteiger partial charge in [0, 0.05) is 13.1 Å². The van der Waals surface area contributed by atoms with Gasteiger partial charge in [0.2, 0.25) is 0 Å². The van der Waals surface area contributed by atoms with E-state index in [0.29, 0.717) is 0 Å². The van der Waals surface area contributed by atoms with Crippen molar-refractivity contribution >= 4 is 0 Å². The first-order valence-electron chi connectivity index (χ1n) is 7.16. The Hall–Kier alpha value is -1.06. The Morgan fingerprint density at radius 1 is 1.00 bits per heavy atom. The molecule has 0 aliphatic rings. The summed E-state index contributed by atoms with van der Waals surface area (Å²) in [6, 6.07) is 2.26. The molecule has 0 bridgehead atoms. The van der Waals surface area contributed by atoms with Crippen LogP contribution >= 0.6 is 0 Å². The molecule has 2 N–H and O–H groups in total. The highest BCUT2D eigenvalue weighted by Gasteiger charge is 2.11. The molecule has 1 rings (SSSR count). The first-order chi connectivity index (χ1) is 9.11. The van der Waals surface area contributed by atoms with Gasteiger partial charge in [-0.05, 0) is 62.5 Å². The summed E-state index contributed by atoms with van der Waals surface area (Å²) in [5, 5.41) is 6.77. The second-order valence-electron chi connectivity index (χ2n) is 5.00. The van der Waals surface area contributed by atoms with Crippen molar-refractivity contribution in [3.8, 4) is 5.75 Å². The van der Waals surface area contributed by atoms with Gasteiger partial charge in [0.1, 0.15) is 5.75 Å². The van der Waals surface area contributed by atoms with Gasteiger partial charge in [-0.25, -0.2) is 0 Å². The lowest BCUT2D eigenvalue weighted by Crippen LogP contribution is -2.28. The van der Waals surface area contributed by atoms with Crippen molar-refractivity contribution in [1.29, 1.82) is 0 Å². The summed E-state index contributed by atoms with van der Waals surface area (Å²) in [5.74, 6) is 1.06. The number of rotatable bonds is 8. The SMILES string of the molecule is CCNCCNCCc1c(C)cc(C)c(C)c1OC. The molecule has 0 aliphatic heterocycles. The van der Waals surface area contributed by atoms with E-state index in [9.17, 15) is 0 Å². The van der Waals surface area contributed by atoms with Gasteiger partial charge in [-0.15, -0.1) is 0 Å². The average Bonchev–Trinajstić information content (AvgIpc) is 2.39. The molecule has 0 radical (unpaired) electrons. The third kappa shape index (κ3) is 4.51. The third-order valence-electron chi connectivity index (χ3n) is 3.60. The van der Waals surface area contributed by atoms with Gasteiger partial charge in [0.25, 0.3) is 0 Å². The molecule has 0 aromatic heterocycles. The maximum atomic E-state index is 5.59. The van der Waals surface area contributed by atoms with E-state index in [1.54, 1.807) is 7.11 Å². The zero-order valence-electron chi connectivity index (χ0n) is 13.0. The van der Waals surface area contributed by atoms with E-state index in [-0.39, 0.29) is 0 Å². The minimum atomic E-state index is 0.991. The highest BCUT2D eigenvalue weighted by Crippen LogP contribution is 2.29. The van der Waals surface area contributed by atoms with Crippen molar-refractivity contribution in [3.63, 3.8) is 0 Å². The molecule has 1 aromatic carbocycles. The van der Waals surface area contributed by atoms with Crippen LogP contribution in [0.3, 0.4) is 0 Å². The van der Waals surface area contributed by atoms with Crippen LogP contribution in [0.1, 0.15) is 29.2 Å². The topological polar surface area (TPSA) is 33.3 Å². The number of nitrogens with one attached hydrogen (secondary N) is 2. The minimum Gasteiger partial charge on any atom is -0.496 e. The highest BCUT2D eigenvalue weighted by atomic mass is 16.5. The molecule has 19 heavy (non-hydrogen) atoms. The number of benzene rings is 1. The fraction of sp³-hybridized carbons (Fsp3) is 0.625. The number of ether oxygens (including phenoxy) is 1. The normalized spacial score (nSPS) is 10.8. The van der Waals surface area contributed by atoms with Gasteiger partial charge >= 0.3 is 0 Å². The molecule has 0 aliphatic carbocycles. The average molecular weight is 264 g/mol. The molecule has 0 fully saturated rings. The van der Waals surface area contributed by atoms with Gasteiger partial charge < -0.3 is 15.4 Å². The molecule has 0 saturated heterocycles. The van der Waals surface area contributed by atoms with Crippen LogP contribution in [-0.2, 0) is 6.42 Å². The number of aryl methyl sites for hydroxylation is 2. The van der Waals surface area contributed by atoms with Crippen molar-refractivity contribution in [1.82, 2.24) is 10.6 Å². The Balaban J connectivity index is 2.60. The molecular weight excluding hydrogens is 236 g/mol. The largest absolute Gasteiger partial charge is 0.496 e. The lowest BCUT2D eigenvalue weighted by Gasteiger charge is -2.17. The Labute approximate surface area is 117 Å². The van der Waals surface area contributed by atoms with Crippen molar-refractivity contribution < 1.29 is 4.74 Å². The van der Waals surface area contributed by atoms with Gasteiger partial charge in [0.05, 0.1) is 7.11 Å². The van der Waals surface area contributed by atoms with Gasteiger partial charge in [-0.2, -0.15) is 0 Å². The van der Waals surface area contributed by atoms with E-state index in [0.717, 1.165) is 38.3 Å². The van der Waals surface area contributed by atoms with Crippen LogP contribution in [0.2, 0.25) is 0 Å². The summed E-state index contributed by atoms with van der Waals surface area (Å²) in [6.07, 6.45) is 1.02. The lowest BCUT2D eigenvalue weighted by molar-refractivity contribution is 0.405. The molecule has 0 amide bonds. The summed E-state index contributed by atoms with van der Waals surface area (Å²) < 4.78 is 5.59. The second-order valence-corrected chi connectivity index (χ2v) is 5.00. The standard InChI is InChI=1S/C16H28N2O/c1-6-17-9-10-18-8-7-15-13(3)11-12(2)14(4)16(15)19-5/h11,17-18H,6-10H2,1-5H3. The van der Waals surface area contributed by atoms with Crippen LogP contribution in [0.25, 0.3) is 0 Å². The predicted octanol–water partition coefficient (Wildman–Crippen LogP) is 2.36. The Kier molecular flexibility index (Phi) is 6.89. The van der Waals surface area contributed by atoms with Crippen LogP contribution in [0.15, 0.2) is 6.07 Å². The number of methoxy groups -OCH3 is 1. The van der Waals surface area contributed by atoms with Gasteiger partial charge in [-0.1, -0.05) is 13.0 Å². The van der Waals surface area contributed by atoms with E-state index in [2.05, 4.69) is 44.4 Å². The quantitative estimate of drug-likeness (QED) is 0.707. The van der Waals surface area contributed by atoms with E-state index in [4.69, 9.17) is 4.74 Å². The Morgan fingerprint density at radius 2 is 1.68 bits per heavy atom. The molecule has 108 valence electrons. The minimum absolute atomic E-state index is 0.991. The van der Waals surface area contributed by atoms with E-state index in [1.807, 2.05) is 0 Å². The fourth-order valence-corrected chi connectivity index (χ4v) is 2.38. The fourth-order valence-electron chi connectivity index (χ4n) is 2.38. The van der Waals surface area contributed by atoms with Crippen LogP contribution in [-0.4, -0.2) is 33.3 Å². The van der Waals surface area contributed by atoms with E-state index >= 15 is 0 Å². The maximum Gasteiger partial charge on any atom is 0.125 e. The van der Waals surface area contributed by atoms with Gasteiger partial charge in [0.15, 0.2) is 0 Å². The summed E-state index contributed by atoms with van der Waals surface area (Å²) in [5.41, 5.74) is 5.23. The first kappa shape index (κ1) is 16.0. The number of likely N-dealkylation sites (N-methyl/N-ethyl adjacent to an activating group) is 1. The van der Waals surface area contributed by atoms with E-state index < -0.39 is 0 Å². The predicted molar refractivity (Wildman–Crippen MR) is 82.3 cm³/mol. The zero-order chi connectivity index (χ0) is 14.3. The first-order valence-corrected chi connectivity index (χ1v) is 7.16. The van der Waals surface area contributed by atoms with Crippen LogP contribution < -0.4 is 15.4 Å². The molecule has 3 heteroatoms. The molecule has 0 saturated carbocycles. The summed E-state index contributed by atoms with van der Waals surface area (Å²) in [6.45, 7) is 12.6. The van der Waals surface area contributed by atoms with Gasteiger partial charge in [-0.3, -0.25) is 0 Å². The van der Waals surface area contributed by atoms with Crippen molar-refractivity contribution in [2.24, 2.45) is 0 Å². The number of hydrogen-bond donors (Lipinski definition) is 2. The summed E-state index contributed by atoms with van der Waals surface area (Å²) in [4.78, 5) is 0. The second kappa shape index (κ2) is 8.18. The van der Waals surface area contributed by atoms with Crippen LogP contribution in [0.5, 0.6) is 5.75 Å². The summed E-state index contributed by atoms with van der Waals surface area (Å²) >= 11 is 0. The monoisotopic (exact) mass is 264 g/mol. The molecule has 3 nitrogen and oxygen atoms in total. The molecule has 0 spiro atoms. The summed E-state index contributed by atoms with van der Waals surface area (Å²) in [7, 11) is 1.77. The smallest absolute Gasteiger partial charge is 0.125 e. The maximum absolute atomic E-state index is 5.59. The lowest BCUT2D eigenvalue weighted by atomic mass is 9.97. The Bertz CT molecular complexity index is 402. The van der Waals surface area contributed by atoms with Crippen molar-refractivity contribution in [2.75, 3.05) is 33.3 Å². The molecule has 1 aromatic rings. The Morgan fingerprint density at radius 3 is 2.32 bits per heavy atom. The third-order valence-corrected chi connectivity index (χ3v) is 3.60.